The molecule has 3 rings (SSSR count). The number of aromatic nitrogens is 2. The number of hydrogen-bond acceptors (Lipinski definition) is 5. The molecule has 0 N–H and O–H groups in total. The number of rotatable bonds is 1. The average Bonchev–Trinajstić information content (AvgIpc) is 2.69. The van der Waals surface area contributed by atoms with Crippen LogP contribution in [-0.2, 0) is 29.5 Å². The van der Waals surface area contributed by atoms with Crippen LogP contribution in [-0.4, -0.2) is 39.3 Å². The second-order valence-corrected chi connectivity index (χ2v) is 5.30. The first kappa shape index (κ1) is 12.3. The number of hydrogen-bond donors (Lipinski definition) is 0. The van der Waals surface area contributed by atoms with E-state index in [-0.39, 0.29) is 23.7 Å². The van der Waals surface area contributed by atoms with E-state index in [0.29, 0.717) is 6.54 Å². The predicted octanol–water partition coefficient (Wildman–Crippen LogP) is -0.158. The van der Waals surface area contributed by atoms with Crippen LogP contribution in [0, 0.1) is 0 Å². The highest BCUT2D eigenvalue weighted by atomic mass is 16.6. The SMILES string of the molecule is C[C@H]1C[C@H](N2CCc3nn(C)c(=O)cc3C2)C(=O)O1. The normalized spacial score (nSPS) is 27.2. The molecule has 0 unspecified atom stereocenters. The van der Waals surface area contributed by atoms with Crippen LogP contribution >= 0.6 is 0 Å². The standard InChI is InChI=1S/C13H17N3O3/c1-8-5-11(13(18)19-8)16-4-3-10-9(7-16)6-12(17)15(2)14-10/h6,8,11H,3-5,7H2,1-2H3/t8-,11-/m0/s1. The van der Waals surface area contributed by atoms with Crippen LogP contribution in [0.2, 0.25) is 0 Å². The molecule has 0 aliphatic carbocycles. The van der Waals surface area contributed by atoms with Crippen molar-refractivity contribution in [3.05, 3.63) is 27.7 Å². The van der Waals surface area contributed by atoms with Crippen LogP contribution < -0.4 is 5.56 Å². The Morgan fingerprint density at radius 3 is 2.89 bits per heavy atom. The Balaban J connectivity index is 1.84. The highest BCUT2D eigenvalue weighted by Gasteiger charge is 2.37. The topological polar surface area (TPSA) is 64.4 Å². The number of carbonyl (C=O) groups excluding carboxylic acids is 1. The van der Waals surface area contributed by atoms with Gasteiger partial charge in [-0.1, -0.05) is 0 Å². The van der Waals surface area contributed by atoms with E-state index in [2.05, 4.69) is 10.00 Å². The third-order valence-electron chi connectivity index (χ3n) is 3.85. The third kappa shape index (κ3) is 2.16. The van der Waals surface area contributed by atoms with Gasteiger partial charge in [-0.15, -0.1) is 0 Å². The molecule has 0 spiro atoms. The molecule has 1 fully saturated rings. The summed E-state index contributed by atoms with van der Waals surface area (Å²) in [7, 11) is 1.66. The fraction of sp³-hybridized carbons (Fsp3) is 0.615. The zero-order valence-corrected chi connectivity index (χ0v) is 11.1. The van der Waals surface area contributed by atoms with Crippen molar-refractivity contribution in [1.82, 2.24) is 14.7 Å². The Kier molecular flexibility index (Phi) is 2.89. The van der Waals surface area contributed by atoms with Gasteiger partial charge in [0.15, 0.2) is 0 Å². The first-order valence-electron chi connectivity index (χ1n) is 6.55. The van der Waals surface area contributed by atoms with Crippen molar-refractivity contribution in [1.29, 1.82) is 0 Å². The van der Waals surface area contributed by atoms with E-state index in [1.54, 1.807) is 13.1 Å². The lowest BCUT2D eigenvalue weighted by Gasteiger charge is -2.30. The largest absolute Gasteiger partial charge is 0.461 e. The average molecular weight is 263 g/mol. The summed E-state index contributed by atoms with van der Waals surface area (Å²) < 4.78 is 6.56. The molecule has 3 heterocycles. The quantitative estimate of drug-likeness (QED) is 0.659. The number of esters is 1. The summed E-state index contributed by atoms with van der Waals surface area (Å²) in [6.45, 7) is 3.29. The van der Waals surface area contributed by atoms with E-state index in [9.17, 15) is 9.59 Å². The van der Waals surface area contributed by atoms with Crippen LogP contribution in [0.5, 0.6) is 0 Å². The number of carbonyl (C=O) groups is 1. The summed E-state index contributed by atoms with van der Waals surface area (Å²) in [5.74, 6) is -0.146. The van der Waals surface area contributed by atoms with Crippen molar-refractivity contribution < 1.29 is 9.53 Å². The van der Waals surface area contributed by atoms with Crippen LogP contribution in [0.4, 0.5) is 0 Å². The van der Waals surface area contributed by atoms with Gasteiger partial charge in [0.25, 0.3) is 5.56 Å². The molecule has 0 saturated carbocycles. The van der Waals surface area contributed by atoms with Gasteiger partial charge in [-0.05, 0) is 12.5 Å². The molecule has 19 heavy (non-hydrogen) atoms. The van der Waals surface area contributed by atoms with Crippen LogP contribution in [0.3, 0.4) is 0 Å². The second-order valence-electron chi connectivity index (χ2n) is 5.30. The van der Waals surface area contributed by atoms with E-state index < -0.39 is 0 Å². The van der Waals surface area contributed by atoms with Gasteiger partial charge in [0.1, 0.15) is 12.1 Å². The highest BCUT2D eigenvalue weighted by molar-refractivity contribution is 5.78. The maximum Gasteiger partial charge on any atom is 0.323 e. The van der Waals surface area contributed by atoms with Crippen molar-refractivity contribution in [3.8, 4) is 0 Å². The summed E-state index contributed by atoms with van der Waals surface area (Å²) in [4.78, 5) is 25.5. The Hall–Kier alpha value is -1.69. The zero-order chi connectivity index (χ0) is 13.6. The fourth-order valence-corrected chi connectivity index (χ4v) is 2.81. The van der Waals surface area contributed by atoms with E-state index in [1.165, 1.54) is 4.68 Å². The summed E-state index contributed by atoms with van der Waals surface area (Å²) in [6, 6.07) is 1.45. The molecule has 0 aromatic carbocycles. The lowest BCUT2D eigenvalue weighted by molar-refractivity contribution is -0.145. The van der Waals surface area contributed by atoms with Crippen molar-refractivity contribution in [2.75, 3.05) is 6.54 Å². The molecule has 102 valence electrons. The molecule has 2 atom stereocenters. The number of nitrogens with zero attached hydrogens (tertiary/aromatic N) is 3. The number of ether oxygens (including phenoxy) is 1. The number of aryl methyl sites for hydroxylation is 1. The summed E-state index contributed by atoms with van der Waals surface area (Å²) in [5, 5.41) is 4.27. The minimum atomic E-state index is -0.174. The Morgan fingerprint density at radius 1 is 1.42 bits per heavy atom. The molecule has 6 nitrogen and oxygen atoms in total. The monoisotopic (exact) mass is 263 g/mol. The van der Waals surface area contributed by atoms with E-state index in [4.69, 9.17) is 4.74 Å². The summed E-state index contributed by atoms with van der Waals surface area (Å²) >= 11 is 0. The number of fused-ring (bicyclic) bond motifs is 1. The van der Waals surface area contributed by atoms with Crippen LogP contribution in [0.25, 0.3) is 0 Å². The Bertz CT molecular complexity index is 581. The summed E-state index contributed by atoms with van der Waals surface area (Å²) in [6.07, 6.45) is 1.48. The first-order valence-corrected chi connectivity index (χ1v) is 6.55. The Labute approximate surface area is 111 Å². The first-order chi connectivity index (χ1) is 9.04. The second kappa shape index (κ2) is 4.45. The van der Waals surface area contributed by atoms with Crippen LogP contribution in [0.15, 0.2) is 10.9 Å². The fourth-order valence-electron chi connectivity index (χ4n) is 2.81. The molecule has 0 amide bonds. The molecule has 2 aliphatic rings. The third-order valence-corrected chi connectivity index (χ3v) is 3.85. The lowest BCUT2D eigenvalue weighted by Crippen LogP contribution is -2.43. The molecule has 0 radical (unpaired) electrons. The van der Waals surface area contributed by atoms with Crippen molar-refractivity contribution in [2.45, 2.75) is 38.5 Å². The van der Waals surface area contributed by atoms with Crippen molar-refractivity contribution in [3.63, 3.8) is 0 Å². The number of cyclic esters (lactones) is 1. The lowest BCUT2D eigenvalue weighted by atomic mass is 10.0. The van der Waals surface area contributed by atoms with E-state index in [1.807, 2.05) is 6.92 Å². The molecule has 1 aromatic rings. The van der Waals surface area contributed by atoms with Gasteiger partial charge in [0.2, 0.25) is 0 Å². The predicted molar refractivity (Wildman–Crippen MR) is 67.6 cm³/mol. The minimum Gasteiger partial charge on any atom is -0.461 e. The van der Waals surface area contributed by atoms with E-state index >= 15 is 0 Å². The molecule has 1 aromatic heterocycles. The highest BCUT2D eigenvalue weighted by Crippen LogP contribution is 2.25. The van der Waals surface area contributed by atoms with Gasteiger partial charge in [-0.2, -0.15) is 5.10 Å². The van der Waals surface area contributed by atoms with Gasteiger partial charge in [0.05, 0.1) is 5.69 Å². The molecule has 2 aliphatic heterocycles. The van der Waals surface area contributed by atoms with Gasteiger partial charge >= 0.3 is 5.97 Å². The molecular formula is C13H17N3O3. The van der Waals surface area contributed by atoms with Crippen LogP contribution in [0.1, 0.15) is 24.6 Å². The van der Waals surface area contributed by atoms with Gasteiger partial charge in [0, 0.05) is 39.0 Å². The van der Waals surface area contributed by atoms with Crippen molar-refractivity contribution in [2.24, 2.45) is 7.05 Å². The van der Waals surface area contributed by atoms with Gasteiger partial charge < -0.3 is 4.74 Å². The van der Waals surface area contributed by atoms with Gasteiger partial charge in [-0.25, -0.2) is 4.68 Å². The van der Waals surface area contributed by atoms with E-state index in [0.717, 1.165) is 30.6 Å². The molecule has 1 saturated heterocycles. The molecule has 6 heteroatoms. The smallest absolute Gasteiger partial charge is 0.323 e. The minimum absolute atomic E-state index is 0.0133. The van der Waals surface area contributed by atoms with Gasteiger partial charge in [-0.3, -0.25) is 14.5 Å². The zero-order valence-electron chi connectivity index (χ0n) is 11.1. The summed E-state index contributed by atoms with van der Waals surface area (Å²) in [5.41, 5.74) is 1.78. The van der Waals surface area contributed by atoms with Crippen molar-refractivity contribution >= 4 is 5.97 Å². The molecule has 0 bridgehead atoms. The maximum atomic E-state index is 11.8. The Morgan fingerprint density at radius 2 is 2.21 bits per heavy atom. The maximum absolute atomic E-state index is 11.8. The molecular weight excluding hydrogens is 246 g/mol.